The number of ether oxygens (including phenoxy) is 2. The maximum Gasteiger partial charge on any atom is 0.310 e. The predicted octanol–water partition coefficient (Wildman–Crippen LogP) is 5.07. The molecule has 7 heteroatoms. The molecule has 7 nitrogen and oxygen atoms in total. The van der Waals surface area contributed by atoms with Crippen LogP contribution in [-0.4, -0.2) is 46.0 Å². The van der Waals surface area contributed by atoms with Gasteiger partial charge in [0, 0.05) is 42.3 Å². The predicted molar refractivity (Wildman–Crippen MR) is 138 cm³/mol. The number of aryl methyl sites for hydroxylation is 2. The van der Waals surface area contributed by atoms with Gasteiger partial charge in [0.2, 0.25) is 5.78 Å². The molecule has 0 spiro atoms. The number of allylic oxidation sites excluding steroid dienone is 1. The van der Waals surface area contributed by atoms with Gasteiger partial charge in [-0.3, -0.25) is 14.5 Å². The van der Waals surface area contributed by atoms with Crippen molar-refractivity contribution in [2.45, 2.75) is 46.7 Å². The first-order valence-electron chi connectivity index (χ1n) is 12.7. The van der Waals surface area contributed by atoms with Gasteiger partial charge in [0.05, 0.1) is 23.7 Å². The third-order valence-electron chi connectivity index (χ3n) is 7.17. The monoisotopic (exact) mass is 488 g/mol. The lowest BCUT2D eigenvalue weighted by molar-refractivity contribution is -0.150. The van der Waals surface area contributed by atoms with Crippen LogP contribution in [0.25, 0.3) is 17.0 Å². The van der Waals surface area contributed by atoms with Crippen LogP contribution in [-0.2, 0) is 22.6 Å². The molecule has 36 heavy (non-hydrogen) atoms. The van der Waals surface area contributed by atoms with Crippen LogP contribution >= 0.6 is 0 Å². The summed E-state index contributed by atoms with van der Waals surface area (Å²) in [5, 5.41) is 11.9. The number of piperidine rings is 1. The van der Waals surface area contributed by atoms with Gasteiger partial charge in [-0.25, -0.2) is 0 Å². The Labute approximate surface area is 210 Å². The molecular formula is C29H32N2O5. The lowest BCUT2D eigenvalue weighted by Gasteiger charge is -2.31. The van der Waals surface area contributed by atoms with E-state index in [-0.39, 0.29) is 29.2 Å². The van der Waals surface area contributed by atoms with E-state index in [4.69, 9.17) is 9.47 Å². The van der Waals surface area contributed by atoms with Crippen molar-refractivity contribution in [3.8, 4) is 11.5 Å². The van der Waals surface area contributed by atoms with Crippen LogP contribution in [0.5, 0.6) is 11.5 Å². The highest BCUT2D eigenvalue weighted by molar-refractivity contribution is 6.16. The summed E-state index contributed by atoms with van der Waals surface area (Å²) in [4.78, 5) is 27.9. The minimum Gasteiger partial charge on any atom is -0.507 e. The Morgan fingerprint density at radius 2 is 2.08 bits per heavy atom. The van der Waals surface area contributed by atoms with Crippen molar-refractivity contribution < 1.29 is 24.2 Å². The molecule has 0 saturated carbocycles. The number of hydrogen-bond acceptors (Lipinski definition) is 6. The number of likely N-dealkylation sites (tertiary alicyclic amines) is 1. The number of Topliss-reactive ketones (excluding diaryl/α,β-unsaturated/α-hetero) is 1. The molecule has 188 valence electrons. The summed E-state index contributed by atoms with van der Waals surface area (Å²) in [5.41, 5.74) is 3.77. The number of carbonyl (C=O) groups excluding carboxylic acids is 2. The van der Waals surface area contributed by atoms with Crippen LogP contribution in [0.2, 0.25) is 0 Å². The number of fused-ring (bicyclic) bond motifs is 2. The van der Waals surface area contributed by atoms with E-state index in [9.17, 15) is 14.7 Å². The van der Waals surface area contributed by atoms with Crippen molar-refractivity contribution in [2.75, 3.05) is 19.7 Å². The summed E-state index contributed by atoms with van der Waals surface area (Å²) in [5.74, 6) is 0.223. The van der Waals surface area contributed by atoms with Crippen molar-refractivity contribution in [1.82, 2.24) is 9.47 Å². The highest BCUT2D eigenvalue weighted by atomic mass is 16.5. The first-order chi connectivity index (χ1) is 17.4. The van der Waals surface area contributed by atoms with Crippen LogP contribution in [0.3, 0.4) is 0 Å². The van der Waals surface area contributed by atoms with Gasteiger partial charge in [-0.05, 0) is 63.9 Å². The number of phenols is 1. The van der Waals surface area contributed by atoms with Gasteiger partial charge in [-0.15, -0.1) is 0 Å². The number of para-hydroxylation sites is 1. The first-order valence-corrected chi connectivity index (χ1v) is 12.7. The molecule has 1 saturated heterocycles. The fourth-order valence-electron chi connectivity index (χ4n) is 5.40. The van der Waals surface area contributed by atoms with Crippen molar-refractivity contribution in [2.24, 2.45) is 5.92 Å². The smallest absolute Gasteiger partial charge is 0.310 e. The molecular weight excluding hydrogens is 456 g/mol. The molecule has 1 unspecified atom stereocenters. The van der Waals surface area contributed by atoms with E-state index in [0.717, 1.165) is 42.4 Å². The van der Waals surface area contributed by atoms with E-state index in [1.54, 1.807) is 12.1 Å². The largest absolute Gasteiger partial charge is 0.507 e. The number of ketones is 1. The Balaban J connectivity index is 1.47. The molecule has 1 aromatic heterocycles. The van der Waals surface area contributed by atoms with Crippen LogP contribution in [0, 0.1) is 12.8 Å². The number of hydrogen-bond donors (Lipinski definition) is 1. The molecule has 1 N–H and O–H groups in total. The Hall–Kier alpha value is -3.58. The lowest BCUT2D eigenvalue weighted by atomic mass is 9.96. The molecule has 2 aliphatic rings. The third-order valence-corrected chi connectivity index (χ3v) is 7.17. The topological polar surface area (TPSA) is 81.0 Å². The van der Waals surface area contributed by atoms with Crippen molar-refractivity contribution >= 4 is 28.7 Å². The third kappa shape index (κ3) is 4.28. The zero-order valence-electron chi connectivity index (χ0n) is 21.0. The van der Waals surface area contributed by atoms with E-state index in [1.165, 1.54) is 0 Å². The van der Waals surface area contributed by atoms with Crippen molar-refractivity contribution in [1.29, 1.82) is 0 Å². The second-order valence-corrected chi connectivity index (χ2v) is 9.55. The second kappa shape index (κ2) is 9.82. The maximum absolute atomic E-state index is 13.4. The number of aromatic hydroxyl groups is 1. The zero-order chi connectivity index (χ0) is 25.4. The fraction of sp³-hybridized carbons (Fsp3) is 0.379. The minimum absolute atomic E-state index is 0.0983. The molecule has 2 aliphatic heterocycles. The summed E-state index contributed by atoms with van der Waals surface area (Å²) in [7, 11) is 0. The Bertz CT molecular complexity index is 1370. The molecule has 0 amide bonds. The summed E-state index contributed by atoms with van der Waals surface area (Å²) in [6.07, 6.45) is 5.49. The van der Waals surface area contributed by atoms with Crippen LogP contribution in [0.4, 0.5) is 0 Å². The van der Waals surface area contributed by atoms with E-state index < -0.39 is 0 Å². The molecule has 2 aromatic carbocycles. The van der Waals surface area contributed by atoms with Crippen molar-refractivity contribution in [3.05, 3.63) is 64.5 Å². The SMILES string of the molecule is CCOC(=O)C1CCCN(Cc2c(O)cc(C)c3c2O/C(=C\c2cn(CC)c4ccccc24)C3=O)C1. The summed E-state index contributed by atoms with van der Waals surface area (Å²) < 4.78 is 13.6. The van der Waals surface area contributed by atoms with Gasteiger partial charge >= 0.3 is 5.97 Å². The number of esters is 1. The lowest BCUT2D eigenvalue weighted by Crippen LogP contribution is -2.39. The van der Waals surface area contributed by atoms with E-state index in [2.05, 4.69) is 22.5 Å². The zero-order valence-corrected chi connectivity index (χ0v) is 21.0. The summed E-state index contributed by atoms with van der Waals surface area (Å²) in [6, 6.07) is 9.73. The number of rotatable bonds is 6. The molecule has 0 bridgehead atoms. The molecule has 5 rings (SSSR count). The number of phenolic OH excluding ortho intramolecular Hbond substituents is 1. The molecule has 0 radical (unpaired) electrons. The molecule has 1 fully saturated rings. The Morgan fingerprint density at radius 3 is 2.86 bits per heavy atom. The highest BCUT2D eigenvalue weighted by Crippen LogP contribution is 2.43. The Kier molecular flexibility index (Phi) is 6.58. The number of carbonyl (C=O) groups is 2. The van der Waals surface area contributed by atoms with Crippen molar-refractivity contribution in [3.63, 3.8) is 0 Å². The van der Waals surface area contributed by atoms with Gasteiger partial charge in [0.15, 0.2) is 5.76 Å². The highest BCUT2D eigenvalue weighted by Gasteiger charge is 2.35. The molecule has 3 aromatic rings. The Morgan fingerprint density at radius 1 is 1.28 bits per heavy atom. The van der Waals surface area contributed by atoms with E-state index in [1.807, 2.05) is 38.2 Å². The van der Waals surface area contributed by atoms with E-state index >= 15 is 0 Å². The quantitative estimate of drug-likeness (QED) is 0.386. The minimum atomic E-state index is -0.187. The average Bonchev–Trinajstić information content (AvgIpc) is 3.40. The van der Waals surface area contributed by atoms with Crippen LogP contribution in [0.15, 0.2) is 42.3 Å². The maximum atomic E-state index is 13.4. The molecule has 1 atom stereocenters. The molecule has 0 aliphatic carbocycles. The number of benzene rings is 2. The van der Waals surface area contributed by atoms with Crippen LogP contribution < -0.4 is 4.74 Å². The summed E-state index contributed by atoms with van der Waals surface area (Å²) >= 11 is 0. The van der Waals surface area contributed by atoms with Gasteiger partial charge in [0.25, 0.3) is 0 Å². The first kappa shape index (κ1) is 24.1. The standard InChI is InChI=1S/C29H32N2O5/c1-4-31-16-20(21-10-6-7-11-23(21)31)14-25-27(33)26-18(3)13-24(32)22(28(26)36-25)17-30-12-8-9-19(15-30)29(34)35-5-2/h6-7,10-11,13-14,16,19,32H,4-5,8-9,12,15,17H2,1-3H3/b25-14-. The average molecular weight is 489 g/mol. The normalized spacial score (nSPS) is 19.0. The fourth-order valence-corrected chi connectivity index (χ4v) is 5.40. The van der Waals surface area contributed by atoms with Gasteiger partial charge in [-0.2, -0.15) is 0 Å². The van der Waals surface area contributed by atoms with Crippen LogP contribution in [0.1, 0.15) is 53.7 Å². The number of nitrogens with zero attached hydrogens (tertiary/aromatic N) is 2. The van der Waals surface area contributed by atoms with Gasteiger partial charge in [-0.1, -0.05) is 18.2 Å². The second-order valence-electron chi connectivity index (χ2n) is 9.55. The van der Waals surface area contributed by atoms with Gasteiger partial charge < -0.3 is 19.1 Å². The van der Waals surface area contributed by atoms with E-state index in [0.29, 0.717) is 42.1 Å². The van der Waals surface area contributed by atoms with Gasteiger partial charge in [0.1, 0.15) is 11.5 Å². The molecule has 3 heterocycles. The summed E-state index contributed by atoms with van der Waals surface area (Å²) in [6.45, 7) is 8.63. The number of aromatic nitrogens is 1.